The summed E-state index contributed by atoms with van der Waals surface area (Å²) in [4.78, 5) is 0.229. The van der Waals surface area contributed by atoms with Gasteiger partial charge in [-0.15, -0.1) is 0 Å². The van der Waals surface area contributed by atoms with E-state index in [1.807, 2.05) is 6.92 Å². The normalized spacial score (nSPS) is 11.9. The maximum Gasteiger partial charge on any atom is 0.244 e. The molecule has 0 unspecified atom stereocenters. The van der Waals surface area contributed by atoms with Crippen molar-refractivity contribution in [2.45, 2.75) is 31.7 Å². The molecule has 0 saturated heterocycles. The second-order valence-electron chi connectivity index (χ2n) is 4.19. The number of rotatable bonds is 9. The molecule has 1 heterocycles. The highest BCUT2D eigenvalue weighted by Gasteiger charge is 2.23. The first kappa shape index (κ1) is 16.1. The Balaban J connectivity index is 2.82. The van der Waals surface area contributed by atoms with Crippen LogP contribution in [0.4, 0.5) is 0 Å². The number of aryl methyl sites for hydroxylation is 1. The topological polar surface area (TPSA) is 96.1 Å². The van der Waals surface area contributed by atoms with E-state index in [9.17, 15) is 8.42 Å². The molecule has 0 atom stereocenters. The van der Waals surface area contributed by atoms with Crippen molar-refractivity contribution < 1.29 is 13.2 Å². The van der Waals surface area contributed by atoms with Crippen LogP contribution in [-0.2, 0) is 21.3 Å². The lowest BCUT2D eigenvalue weighted by atomic mass is 10.3. The zero-order valence-electron chi connectivity index (χ0n) is 11.6. The molecule has 0 fully saturated rings. The molecule has 1 aromatic rings. The third kappa shape index (κ3) is 4.57. The minimum Gasteiger partial charge on any atom is -0.383 e. The van der Waals surface area contributed by atoms with Crippen molar-refractivity contribution in [1.29, 1.82) is 0 Å². The predicted molar refractivity (Wildman–Crippen MR) is 72.4 cm³/mol. The summed E-state index contributed by atoms with van der Waals surface area (Å²) < 4.78 is 31.7. The molecule has 0 radical (unpaired) electrons. The number of aromatic nitrogens is 2. The van der Waals surface area contributed by atoms with Crippen LogP contribution >= 0.6 is 0 Å². The quantitative estimate of drug-likeness (QED) is 0.562. The summed E-state index contributed by atoms with van der Waals surface area (Å²) in [5, 5.41) is 9.91. The van der Waals surface area contributed by atoms with Gasteiger partial charge in [-0.25, -0.2) is 13.1 Å². The summed E-state index contributed by atoms with van der Waals surface area (Å²) in [6.45, 7) is 5.57. The van der Waals surface area contributed by atoms with E-state index in [2.05, 4.69) is 20.2 Å². The standard InChI is InChI=1S/C11H22N4O3S/c1-4-5-12-8-10-11(9(2)14-15-10)19(16,17)13-6-7-18-3/h12-13H,4-8H2,1-3H3,(H,14,15). The number of nitrogens with one attached hydrogen (secondary N) is 3. The van der Waals surface area contributed by atoms with E-state index in [0.717, 1.165) is 13.0 Å². The molecule has 7 nitrogen and oxygen atoms in total. The highest BCUT2D eigenvalue weighted by Crippen LogP contribution is 2.17. The van der Waals surface area contributed by atoms with Gasteiger partial charge < -0.3 is 10.1 Å². The Morgan fingerprint density at radius 1 is 1.37 bits per heavy atom. The maximum atomic E-state index is 12.2. The SMILES string of the molecule is CCCNCc1n[nH]c(C)c1S(=O)(=O)NCCOC. The number of hydrogen-bond acceptors (Lipinski definition) is 5. The fourth-order valence-electron chi connectivity index (χ4n) is 1.68. The molecule has 0 bridgehead atoms. The van der Waals surface area contributed by atoms with Gasteiger partial charge in [0.25, 0.3) is 0 Å². The van der Waals surface area contributed by atoms with Crippen molar-refractivity contribution in [3.8, 4) is 0 Å². The molecular weight excluding hydrogens is 268 g/mol. The number of nitrogens with zero attached hydrogens (tertiary/aromatic N) is 1. The van der Waals surface area contributed by atoms with Gasteiger partial charge in [0.2, 0.25) is 10.0 Å². The Morgan fingerprint density at radius 3 is 2.74 bits per heavy atom. The van der Waals surface area contributed by atoms with Gasteiger partial charge in [0.1, 0.15) is 4.90 Å². The van der Waals surface area contributed by atoms with Gasteiger partial charge in [-0.05, 0) is 19.9 Å². The molecule has 0 aliphatic carbocycles. The Labute approximate surface area is 114 Å². The van der Waals surface area contributed by atoms with Crippen LogP contribution in [0, 0.1) is 6.92 Å². The van der Waals surface area contributed by atoms with Crippen LogP contribution in [0.5, 0.6) is 0 Å². The summed E-state index contributed by atoms with van der Waals surface area (Å²) in [5.74, 6) is 0. The average Bonchev–Trinajstić information content (AvgIpc) is 2.72. The van der Waals surface area contributed by atoms with E-state index in [-0.39, 0.29) is 11.4 Å². The van der Waals surface area contributed by atoms with E-state index in [0.29, 0.717) is 24.5 Å². The minimum atomic E-state index is -3.55. The summed E-state index contributed by atoms with van der Waals surface area (Å²) in [6, 6.07) is 0. The second kappa shape index (κ2) is 7.59. The molecule has 0 spiro atoms. The van der Waals surface area contributed by atoms with Gasteiger partial charge in [-0.3, -0.25) is 5.10 Å². The van der Waals surface area contributed by atoms with Crippen LogP contribution in [0.3, 0.4) is 0 Å². The van der Waals surface area contributed by atoms with Crippen LogP contribution < -0.4 is 10.0 Å². The van der Waals surface area contributed by atoms with Crippen LogP contribution in [0.2, 0.25) is 0 Å². The molecule has 0 saturated carbocycles. The Hall–Kier alpha value is -0.960. The van der Waals surface area contributed by atoms with Crippen LogP contribution in [0.1, 0.15) is 24.7 Å². The number of methoxy groups -OCH3 is 1. The number of ether oxygens (including phenoxy) is 1. The molecule has 1 aromatic heterocycles. The van der Waals surface area contributed by atoms with Crippen LogP contribution in [0.15, 0.2) is 4.90 Å². The molecule has 0 aliphatic rings. The summed E-state index contributed by atoms with van der Waals surface area (Å²) in [5.41, 5.74) is 1.05. The average molecular weight is 290 g/mol. The van der Waals surface area contributed by atoms with E-state index in [1.165, 1.54) is 7.11 Å². The minimum absolute atomic E-state index is 0.229. The first-order valence-electron chi connectivity index (χ1n) is 6.26. The number of H-pyrrole nitrogens is 1. The van der Waals surface area contributed by atoms with Crippen molar-refractivity contribution in [2.24, 2.45) is 0 Å². The highest BCUT2D eigenvalue weighted by atomic mass is 32.2. The van der Waals surface area contributed by atoms with Gasteiger partial charge in [0.05, 0.1) is 18.0 Å². The van der Waals surface area contributed by atoms with Crippen LogP contribution in [-0.4, -0.2) is 45.4 Å². The Morgan fingerprint density at radius 2 is 2.11 bits per heavy atom. The molecule has 0 aromatic carbocycles. The zero-order chi connectivity index (χ0) is 14.3. The first-order valence-corrected chi connectivity index (χ1v) is 7.74. The van der Waals surface area contributed by atoms with Crippen molar-refractivity contribution in [2.75, 3.05) is 26.8 Å². The number of hydrogen-bond donors (Lipinski definition) is 3. The van der Waals surface area contributed by atoms with Crippen molar-refractivity contribution in [1.82, 2.24) is 20.2 Å². The first-order chi connectivity index (χ1) is 9.03. The fourth-order valence-corrected chi connectivity index (χ4v) is 3.05. The summed E-state index contributed by atoms with van der Waals surface area (Å²) in [6.07, 6.45) is 0.984. The van der Waals surface area contributed by atoms with E-state index >= 15 is 0 Å². The smallest absolute Gasteiger partial charge is 0.244 e. The lowest BCUT2D eigenvalue weighted by Gasteiger charge is -2.08. The molecular formula is C11H22N4O3S. The van der Waals surface area contributed by atoms with E-state index in [1.54, 1.807) is 6.92 Å². The van der Waals surface area contributed by atoms with Gasteiger partial charge >= 0.3 is 0 Å². The molecule has 110 valence electrons. The van der Waals surface area contributed by atoms with E-state index < -0.39 is 10.0 Å². The van der Waals surface area contributed by atoms with Gasteiger partial charge in [-0.2, -0.15) is 5.10 Å². The molecule has 1 rings (SSSR count). The molecule has 0 amide bonds. The van der Waals surface area contributed by atoms with Gasteiger partial charge in [-0.1, -0.05) is 6.92 Å². The molecule has 3 N–H and O–H groups in total. The monoisotopic (exact) mass is 290 g/mol. The van der Waals surface area contributed by atoms with Crippen molar-refractivity contribution >= 4 is 10.0 Å². The lowest BCUT2D eigenvalue weighted by molar-refractivity contribution is 0.204. The third-order valence-corrected chi connectivity index (χ3v) is 4.21. The number of aromatic amines is 1. The highest BCUT2D eigenvalue weighted by molar-refractivity contribution is 7.89. The lowest BCUT2D eigenvalue weighted by Crippen LogP contribution is -2.29. The largest absolute Gasteiger partial charge is 0.383 e. The van der Waals surface area contributed by atoms with E-state index in [4.69, 9.17) is 4.74 Å². The Bertz CT molecular complexity index is 484. The van der Waals surface area contributed by atoms with Gasteiger partial charge in [0.15, 0.2) is 0 Å². The molecule has 8 heteroatoms. The Kier molecular flexibility index (Phi) is 6.43. The molecule has 0 aliphatic heterocycles. The van der Waals surface area contributed by atoms with Crippen LogP contribution in [0.25, 0.3) is 0 Å². The molecule has 19 heavy (non-hydrogen) atoms. The third-order valence-electron chi connectivity index (χ3n) is 2.55. The van der Waals surface area contributed by atoms with Gasteiger partial charge in [0, 0.05) is 20.2 Å². The predicted octanol–water partition coefficient (Wildman–Crippen LogP) is 0.142. The van der Waals surface area contributed by atoms with Crippen molar-refractivity contribution in [3.05, 3.63) is 11.4 Å². The second-order valence-corrected chi connectivity index (χ2v) is 5.90. The number of sulfonamides is 1. The maximum absolute atomic E-state index is 12.2. The summed E-state index contributed by atoms with van der Waals surface area (Å²) >= 11 is 0. The zero-order valence-corrected chi connectivity index (χ0v) is 12.4. The van der Waals surface area contributed by atoms with Crippen molar-refractivity contribution in [3.63, 3.8) is 0 Å². The summed E-state index contributed by atoms with van der Waals surface area (Å²) in [7, 11) is -2.03. The fraction of sp³-hybridized carbons (Fsp3) is 0.727.